The topological polar surface area (TPSA) is 54.1 Å². The number of methoxy groups -OCH3 is 1. The Balaban J connectivity index is 1.53. The number of aromatic nitrogens is 1. The van der Waals surface area contributed by atoms with E-state index < -0.39 is 0 Å². The Bertz CT molecular complexity index is 852. The van der Waals surface area contributed by atoms with Crippen molar-refractivity contribution in [1.29, 1.82) is 0 Å². The second-order valence-corrected chi connectivity index (χ2v) is 5.94. The van der Waals surface area contributed by atoms with Gasteiger partial charge in [-0.15, -0.1) is 0 Å². The predicted octanol–water partition coefficient (Wildman–Crippen LogP) is 3.39. The maximum absolute atomic E-state index is 12.2. The van der Waals surface area contributed by atoms with Crippen LogP contribution in [0.1, 0.15) is 16.7 Å². The first-order valence-corrected chi connectivity index (χ1v) is 8.12. The first-order chi connectivity index (χ1) is 11.7. The molecule has 0 saturated heterocycles. The highest BCUT2D eigenvalue weighted by atomic mass is 16.5. The Kier molecular flexibility index (Phi) is 4.85. The fourth-order valence-electron chi connectivity index (χ4n) is 2.96. The zero-order valence-electron chi connectivity index (χ0n) is 14.1. The zero-order chi connectivity index (χ0) is 16.9. The van der Waals surface area contributed by atoms with Crippen LogP contribution in [0.25, 0.3) is 10.9 Å². The predicted molar refractivity (Wildman–Crippen MR) is 96.4 cm³/mol. The lowest BCUT2D eigenvalue weighted by atomic mass is 10.1. The summed E-state index contributed by atoms with van der Waals surface area (Å²) in [5.74, 6) is 0.937. The van der Waals surface area contributed by atoms with Gasteiger partial charge in [-0.1, -0.05) is 30.3 Å². The van der Waals surface area contributed by atoms with Gasteiger partial charge in [0.25, 0.3) is 0 Å². The van der Waals surface area contributed by atoms with Gasteiger partial charge >= 0.3 is 0 Å². The molecule has 0 radical (unpaired) electrons. The summed E-state index contributed by atoms with van der Waals surface area (Å²) in [5, 5.41) is 4.11. The van der Waals surface area contributed by atoms with E-state index >= 15 is 0 Å². The largest absolute Gasteiger partial charge is 0.496 e. The number of aromatic amines is 1. The number of hydrogen-bond acceptors (Lipinski definition) is 2. The first kappa shape index (κ1) is 16.1. The minimum Gasteiger partial charge on any atom is -0.496 e. The molecule has 0 bridgehead atoms. The van der Waals surface area contributed by atoms with Gasteiger partial charge in [-0.3, -0.25) is 4.79 Å². The number of para-hydroxylation sites is 1. The summed E-state index contributed by atoms with van der Waals surface area (Å²) in [7, 11) is 1.67. The molecule has 0 aliphatic rings. The molecule has 124 valence electrons. The normalized spacial score (nSPS) is 10.8. The van der Waals surface area contributed by atoms with E-state index in [1.54, 1.807) is 7.11 Å². The smallest absolute Gasteiger partial charge is 0.224 e. The van der Waals surface area contributed by atoms with Gasteiger partial charge in [-0.25, -0.2) is 0 Å². The molecule has 3 aromatic rings. The molecule has 1 heterocycles. The maximum Gasteiger partial charge on any atom is 0.224 e. The lowest BCUT2D eigenvalue weighted by molar-refractivity contribution is -0.120. The molecule has 0 fully saturated rings. The number of carbonyl (C=O) groups excluding carboxylic acids is 1. The van der Waals surface area contributed by atoms with E-state index in [1.165, 1.54) is 5.56 Å². The molecular weight excluding hydrogens is 300 g/mol. The van der Waals surface area contributed by atoms with Crippen molar-refractivity contribution < 1.29 is 9.53 Å². The Labute approximate surface area is 141 Å². The highest BCUT2D eigenvalue weighted by Gasteiger charge is 2.08. The van der Waals surface area contributed by atoms with Crippen LogP contribution in [0.3, 0.4) is 0 Å². The first-order valence-electron chi connectivity index (χ1n) is 8.12. The molecule has 0 atom stereocenters. The molecule has 4 heteroatoms. The summed E-state index contributed by atoms with van der Waals surface area (Å²) in [6.07, 6.45) is 3.12. The fraction of sp³-hybridized carbons (Fsp3) is 0.250. The van der Waals surface area contributed by atoms with Gasteiger partial charge in [0.15, 0.2) is 0 Å². The second kappa shape index (κ2) is 7.21. The molecular formula is C20H22N2O2. The number of amides is 1. The number of H-pyrrole nitrogens is 1. The number of aryl methyl sites for hydroxylation is 1. The van der Waals surface area contributed by atoms with Crippen LogP contribution in [-0.4, -0.2) is 24.5 Å². The van der Waals surface area contributed by atoms with Crippen LogP contribution < -0.4 is 10.1 Å². The van der Waals surface area contributed by atoms with Crippen LogP contribution in [0.2, 0.25) is 0 Å². The maximum atomic E-state index is 12.2. The van der Waals surface area contributed by atoms with Crippen molar-refractivity contribution in [2.45, 2.75) is 19.8 Å². The van der Waals surface area contributed by atoms with Crippen LogP contribution in [0.15, 0.2) is 48.7 Å². The third kappa shape index (κ3) is 3.59. The number of nitrogens with one attached hydrogen (secondary N) is 2. The number of rotatable bonds is 6. The lowest BCUT2D eigenvalue weighted by Crippen LogP contribution is -2.27. The summed E-state index contributed by atoms with van der Waals surface area (Å²) in [4.78, 5) is 15.4. The van der Waals surface area contributed by atoms with E-state index in [0.29, 0.717) is 13.0 Å². The van der Waals surface area contributed by atoms with Gasteiger partial charge in [-0.2, -0.15) is 0 Å². The van der Waals surface area contributed by atoms with Gasteiger partial charge in [0, 0.05) is 23.6 Å². The highest BCUT2D eigenvalue weighted by molar-refractivity contribution is 5.88. The molecule has 1 amide bonds. The fourth-order valence-corrected chi connectivity index (χ4v) is 2.96. The van der Waals surface area contributed by atoms with Crippen LogP contribution in [0.5, 0.6) is 5.75 Å². The van der Waals surface area contributed by atoms with Gasteiger partial charge in [-0.05, 0) is 42.2 Å². The van der Waals surface area contributed by atoms with E-state index in [1.807, 2.05) is 49.5 Å². The number of benzene rings is 2. The van der Waals surface area contributed by atoms with E-state index in [-0.39, 0.29) is 5.91 Å². The van der Waals surface area contributed by atoms with Crippen molar-refractivity contribution in [3.05, 3.63) is 65.4 Å². The molecule has 0 aliphatic heterocycles. The molecule has 3 rings (SSSR count). The summed E-state index contributed by atoms with van der Waals surface area (Å²) >= 11 is 0. The molecule has 0 saturated carbocycles. The van der Waals surface area contributed by atoms with E-state index in [2.05, 4.69) is 16.4 Å². The standard InChI is InChI=1S/C20H22N2O2/c1-14-11-15(7-8-19(14)24-2)9-10-21-20(23)12-16-13-22-18-6-4-3-5-17(16)18/h3-8,11,13,22H,9-10,12H2,1-2H3,(H,21,23). The summed E-state index contributed by atoms with van der Waals surface area (Å²) in [5.41, 5.74) is 4.40. The Morgan fingerprint density at radius 2 is 2.04 bits per heavy atom. The van der Waals surface area contributed by atoms with Crippen molar-refractivity contribution in [3.63, 3.8) is 0 Å². The molecule has 2 aromatic carbocycles. The van der Waals surface area contributed by atoms with Crippen molar-refractivity contribution in [2.24, 2.45) is 0 Å². The quantitative estimate of drug-likeness (QED) is 0.731. The monoisotopic (exact) mass is 322 g/mol. The molecule has 1 aromatic heterocycles. The average Bonchev–Trinajstić information content (AvgIpc) is 2.98. The van der Waals surface area contributed by atoms with Gasteiger partial charge in [0.05, 0.1) is 13.5 Å². The van der Waals surface area contributed by atoms with Crippen molar-refractivity contribution in [3.8, 4) is 5.75 Å². The lowest BCUT2D eigenvalue weighted by Gasteiger charge is -2.08. The van der Waals surface area contributed by atoms with Crippen molar-refractivity contribution >= 4 is 16.8 Å². The molecule has 24 heavy (non-hydrogen) atoms. The summed E-state index contributed by atoms with van der Waals surface area (Å²) < 4.78 is 5.26. The van der Waals surface area contributed by atoms with Gasteiger partial charge in [0.2, 0.25) is 5.91 Å². The van der Waals surface area contributed by atoms with Crippen LogP contribution >= 0.6 is 0 Å². The van der Waals surface area contributed by atoms with E-state index in [9.17, 15) is 4.79 Å². The number of carbonyl (C=O) groups is 1. The summed E-state index contributed by atoms with van der Waals surface area (Å²) in [6, 6.07) is 14.1. The third-order valence-electron chi connectivity index (χ3n) is 4.22. The van der Waals surface area contributed by atoms with E-state index in [0.717, 1.165) is 34.2 Å². The summed E-state index contributed by atoms with van der Waals surface area (Å²) in [6.45, 7) is 2.66. The molecule has 0 unspecified atom stereocenters. The molecule has 0 spiro atoms. The number of hydrogen-bond donors (Lipinski definition) is 2. The minimum atomic E-state index is 0.0463. The van der Waals surface area contributed by atoms with Crippen molar-refractivity contribution in [1.82, 2.24) is 10.3 Å². The van der Waals surface area contributed by atoms with Crippen molar-refractivity contribution in [2.75, 3.05) is 13.7 Å². The Morgan fingerprint density at radius 3 is 2.83 bits per heavy atom. The molecule has 0 aliphatic carbocycles. The van der Waals surface area contributed by atoms with Gasteiger partial charge in [0.1, 0.15) is 5.75 Å². The Hall–Kier alpha value is -2.75. The highest BCUT2D eigenvalue weighted by Crippen LogP contribution is 2.19. The Morgan fingerprint density at radius 1 is 1.21 bits per heavy atom. The number of fused-ring (bicyclic) bond motifs is 1. The van der Waals surface area contributed by atoms with Crippen LogP contribution in [-0.2, 0) is 17.6 Å². The minimum absolute atomic E-state index is 0.0463. The number of ether oxygens (including phenoxy) is 1. The SMILES string of the molecule is COc1ccc(CCNC(=O)Cc2c[nH]c3ccccc23)cc1C. The molecule has 4 nitrogen and oxygen atoms in total. The second-order valence-electron chi connectivity index (χ2n) is 5.94. The molecule has 2 N–H and O–H groups in total. The van der Waals surface area contributed by atoms with Crippen LogP contribution in [0.4, 0.5) is 0 Å². The van der Waals surface area contributed by atoms with E-state index in [4.69, 9.17) is 4.74 Å². The van der Waals surface area contributed by atoms with Crippen LogP contribution in [0, 0.1) is 6.92 Å². The average molecular weight is 322 g/mol. The third-order valence-corrected chi connectivity index (χ3v) is 4.22. The zero-order valence-corrected chi connectivity index (χ0v) is 14.1. The van der Waals surface area contributed by atoms with Gasteiger partial charge < -0.3 is 15.0 Å².